The average molecular weight is 406 g/mol. The summed E-state index contributed by atoms with van der Waals surface area (Å²) in [5.41, 5.74) is 2.48. The van der Waals surface area contributed by atoms with Crippen LogP contribution in [0.3, 0.4) is 0 Å². The van der Waals surface area contributed by atoms with Crippen LogP contribution in [-0.4, -0.2) is 16.2 Å². The highest BCUT2D eigenvalue weighted by molar-refractivity contribution is 6.31. The SMILES string of the molecule is COc1ccc(Cn2c(=O)c3ccccc3n(Cc3ccccc3Cl)c2=N)cc1. The first-order valence-electron chi connectivity index (χ1n) is 9.22. The molecule has 5 nitrogen and oxygen atoms in total. The first-order chi connectivity index (χ1) is 14.1. The van der Waals surface area contributed by atoms with E-state index in [1.807, 2.05) is 71.3 Å². The van der Waals surface area contributed by atoms with Gasteiger partial charge in [-0.05, 0) is 41.5 Å². The predicted octanol–water partition coefficient (Wildman–Crippen LogP) is 4.04. The first-order valence-corrected chi connectivity index (χ1v) is 9.59. The summed E-state index contributed by atoms with van der Waals surface area (Å²) in [6.45, 7) is 0.705. The highest BCUT2D eigenvalue weighted by atomic mass is 35.5. The zero-order valence-electron chi connectivity index (χ0n) is 15.9. The van der Waals surface area contributed by atoms with Crippen LogP contribution >= 0.6 is 11.6 Å². The number of aromatic nitrogens is 2. The second-order valence-electron chi connectivity index (χ2n) is 6.76. The maximum atomic E-state index is 13.1. The van der Waals surface area contributed by atoms with Gasteiger partial charge in [0.15, 0.2) is 0 Å². The van der Waals surface area contributed by atoms with E-state index in [1.54, 1.807) is 13.2 Å². The summed E-state index contributed by atoms with van der Waals surface area (Å²) >= 11 is 6.35. The monoisotopic (exact) mass is 405 g/mol. The summed E-state index contributed by atoms with van der Waals surface area (Å²) in [4.78, 5) is 13.1. The van der Waals surface area contributed by atoms with E-state index in [0.29, 0.717) is 29.0 Å². The van der Waals surface area contributed by atoms with Gasteiger partial charge in [-0.3, -0.25) is 14.8 Å². The Balaban J connectivity index is 1.87. The van der Waals surface area contributed by atoms with Gasteiger partial charge in [0.1, 0.15) is 5.75 Å². The van der Waals surface area contributed by atoms with Crippen molar-refractivity contribution in [1.82, 2.24) is 9.13 Å². The molecule has 146 valence electrons. The van der Waals surface area contributed by atoms with E-state index >= 15 is 0 Å². The molecule has 0 amide bonds. The van der Waals surface area contributed by atoms with Crippen LogP contribution in [-0.2, 0) is 13.1 Å². The van der Waals surface area contributed by atoms with Crippen molar-refractivity contribution in [3.63, 3.8) is 0 Å². The van der Waals surface area contributed by atoms with E-state index in [4.69, 9.17) is 21.7 Å². The number of methoxy groups -OCH3 is 1. The molecule has 0 saturated carbocycles. The lowest BCUT2D eigenvalue weighted by Gasteiger charge is -2.17. The van der Waals surface area contributed by atoms with Gasteiger partial charge < -0.3 is 9.30 Å². The van der Waals surface area contributed by atoms with E-state index in [-0.39, 0.29) is 11.2 Å². The number of rotatable bonds is 5. The highest BCUT2D eigenvalue weighted by Gasteiger charge is 2.12. The smallest absolute Gasteiger partial charge is 0.263 e. The fourth-order valence-corrected chi connectivity index (χ4v) is 3.60. The van der Waals surface area contributed by atoms with Crippen LogP contribution in [0.1, 0.15) is 11.1 Å². The van der Waals surface area contributed by atoms with E-state index in [2.05, 4.69) is 0 Å². The molecule has 0 aliphatic carbocycles. The fraction of sp³-hybridized carbons (Fsp3) is 0.130. The minimum atomic E-state index is -0.183. The molecular weight excluding hydrogens is 386 g/mol. The predicted molar refractivity (Wildman–Crippen MR) is 115 cm³/mol. The van der Waals surface area contributed by atoms with Gasteiger partial charge in [0.25, 0.3) is 5.56 Å². The number of fused-ring (bicyclic) bond motifs is 1. The summed E-state index contributed by atoms with van der Waals surface area (Å²) < 4.78 is 8.51. The highest BCUT2D eigenvalue weighted by Crippen LogP contribution is 2.18. The summed E-state index contributed by atoms with van der Waals surface area (Å²) in [6, 6.07) is 22.4. The lowest BCUT2D eigenvalue weighted by atomic mass is 10.2. The third-order valence-electron chi connectivity index (χ3n) is 4.97. The molecule has 0 aliphatic rings. The van der Waals surface area contributed by atoms with Gasteiger partial charge in [-0.1, -0.05) is 54.1 Å². The van der Waals surface area contributed by atoms with Crippen molar-refractivity contribution in [1.29, 1.82) is 5.41 Å². The van der Waals surface area contributed by atoms with Crippen molar-refractivity contribution in [3.8, 4) is 5.75 Å². The number of benzene rings is 3. The summed E-state index contributed by atoms with van der Waals surface area (Å²) in [6.07, 6.45) is 0. The molecule has 4 aromatic rings. The van der Waals surface area contributed by atoms with Crippen LogP contribution in [0.15, 0.2) is 77.6 Å². The van der Waals surface area contributed by atoms with Gasteiger partial charge in [-0.15, -0.1) is 0 Å². The van der Waals surface area contributed by atoms with Crippen LogP contribution in [0.5, 0.6) is 5.75 Å². The van der Waals surface area contributed by atoms with Crippen LogP contribution in [0.2, 0.25) is 5.02 Å². The van der Waals surface area contributed by atoms with Gasteiger partial charge in [-0.25, -0.2) is 0 Å². The summed E-state index contributed by atoms with van der Waals surface area (Å²) in [7, 11) is 1.61. The number of hydrogen-bond acceptors (Lipinski definition) is 3. The van der Waals surface area contributed by atoms with Gasteiger partial charge in [0.2, 0.25) is 5.62 Å². The van der Waals surface area contributed by atoms with Crippen molar-refractivity contribution >= 4 is 22.5 Å². The Hall–Kier alpha value is -3.31. The van der Waals surface area contributed by atoms with Gasteiger partial charge in [-0.2, -0.15) is 0 Å². The molecule has 1 heterocycles. The Morgan fingerprint density at radius 3 is 2.31 bits per heavy atom. The van der Waals surface area contributed by atoms with Crippen molar-refractivity contribution in [2.75, 3.05) is 7.11 Å². The Labute approximate surface area is 172 Å². The normalized spacial score (nSPS) is 11.0. The maximum Gasteiger partial charge on any atom is 0.263 e. The molecule has 4 rings (SSSR count). The number of nitrogens with one attached hydrogen (secondary N) is 1. The summed E-state index contributed by atoms with van der Waals surface area (Å²) in [5, 5.41) is 9.98. The molecule has 6 heteroatoms. The molecule has 0 spiro atoms. The molecule has 1 N–H and O–H groups in total. The standard InChI is InChI=1S/C23H20ClN3O2/c1-29-18-12-10-16(11-13-18)14-27-22(28)19-7-3-5-9-21(19)26(23(27)25)15-17-6-2-4-8-20(17)24/h2-13,25H,14-15H2,1H3. The first kappa shape index (κ1) is 19.0. The molecule has 29 heavy (non-hydrogen) atoms. The lowest BCUT2D eigenvalue weighted by molar-refractivity contribution is 0.414. The molecule has 0 fully saturated rings. The molecule has 0 atom stereocenters. The third kappa shape index (κ3) is 3.69. The lowest BCUT2D eigenvalue weighted by Crippen LogP contribution is -2.40. The van der Waals surface area contributed by atoms with Crippen molar-refractivity contribution < 1.29 is 4.74 Å². The summed E-state index contributed by atoms with van der Waals surface area (Å²) in [5.74, 6) is 0.750. The second-order valence-corrected chi connectivity index (χ2v) is 7.16. The minimum absolute atomic E-state index is 0.129. The Morgan fingerprint density at radius 1 is 0.897 bits per heavy atom. The number of para-hydroxylation sites is 1. The maximum absolute atomic E-state index is 13.1. The van der Waals surface area contributed by atoms with Gasteiger partial charge in [0.05, 0.1) is 31.1 Å². The molecular formula is C23H20ClN3O2. The van der Waals surface area contributed by atoms with Crippen LogP contribution in [0, 0.1) is 5.41 Å². The number of halogens is 1. The van der Waals surface area contributed by atoms with Crippen molar-refractivity contribution in [3.05, 3.63) is 105 Å². The largest absolute Gasteiger partial charge is 0.497 e. The van der Waals surface area contributed by atoms with E-state index in [9.17, 15) is 4.79 Å². The zero-order valence-corrected chi connectivity index (χ0v) is 16.7. The fourth-order valence-electron chi connectivity index (χ4n) is 3.41. The minimum Gasteiger partial charge on any atom is -0.497 e. The Kier molecular flexibility index (Phi) is 5.23. The van der Waals surface area contributed by atoms with Gasteiger partial charge in [0, 0.05) is 5.02 Å². The van der Waals surface area contributed by atoms with E-state index in [1.165, 1.54) is 4.57 Å². The molecule has 0 unspecified atom stereocenters. The number of ether oxygens (including phenoxy) is 1. The van der Waals surface area contributed by atoms with Crippen molar-refractivity contribution in [2.45, 2.75) is 13.1 Å². The number of hydrogen-bond donors (Lipinski definition) is 1. The molecule has 0 bridgehead atoms. The molecule has 0 aliphatic heterocycles. The van der Waals surface area contributed by atoms with E-state index < -0.39 is 0 Å². The Bertz CT molecular complexity index is 1290. The van der Waals surface area contributed by atoms with E-state index in [0.717, 1.165) is 16.9 Å². The quantitative estimate of drug-likeness (QED) is 0.544. The topological polar surface area (TPSA) is 60.0 Å². The Morgan fingerprint density at radius 2 is 1.59 bits per heavy atom. The number of nitrogens with zero attached hydrogens (tertiary/aromatic N) is 2. The molecule has 0 radical (unpaired) electrons. The van der Waals surface area contributed by atoms with Gasteiger partial charge >= 0.3 is 0 Å². The molecule has 3 aromatic carbocycles. The second kappa shape index (κ2) is 7.97. The zero-order chi connectivity index (χ0) is 20.4. The molecule has 1 aromatic heterocycles. The molecule has 0 saturated heterocycles. The van der Waals surface area contributed by atoms with Crippen molar-refractivity contribution in [2.24, 2.45) is 0 Å². The van der Waals surface area contributed by atoms with Crippen LogP contribution in [0.4, 0.5) is 0 Å². The average Bonchev–Trinajstić information content (AvgIpc) is 2.76. The third-order valence-corrected chi connectivity index (χ3v) is 5.34. The van der Waals surface area contributed by atoms with Crippen LogP contribution in [0.25, 0.3) is 10.9 Å². The van der Waals surface area contributed by atoms with Crippen LogP contribution < -0.4 is 15.9 Å².